The third-order valence-corrected chi connectivity index (χ3v) is 5.32. The normalized spacial score (nSPS) is 20.5. The Hall–Kier alpha value is -1.35. The molecule has 3 heteroatoms. The van der Waals surface area contributed by atoms with E-state index >= 15 is 0 Å². The number of hydrogen-bond donors (Lipinski definition) is 0. The van der Waals surface area contributed by atoms with Crippen molar-refractivity contribution in [2.24, 2.45) is 5.92 Å². The molecule has 0 bridgehead atoms. The molecule has 120 valence electrons. The Kier molecular flexibility index (Phi) is 5.14. The third kappa shape index (κ3) is 3.89. The van der Waals surface area contributed by atoms with E-state index in [0.717, 1.165) is 39.1 Å². The maximum absolute atomic E-state index is 12.4. The quantitative estimate of drug-likeness (QED) is 0.852. The van der Waals surface area contributed by atoms with E-state index in [1.54, 1.807) is 0 Å². The van der Waals surface area contributed by atoms with Crippen molar-refractivity contribution in [3.05, 3.63) is 35.4 Å². The summed E-state index contributed by atoms with van der Waals surface area (Å²) < 4.78 is 0. The molecule has 1 aliphatic carbocycles. The van der Waals surface area contributed by atoms with E-state index in [2.05, 4.69) is 41.0 Å². The number of aryl methyl sites for hydroxylation is 1. The fraction of sp³-hybridized carbons (Fsp3) is 0.632. The van der Waals surface area contributed by atoms with E-state index in [0.29, 0.717) is 11.8 Å². The molecule has 2 aliphatic rings. The van der Waals surface area contributed by atoms with Gasteiger partial charge in [0.15, 0.2) is 0 Å². The molecular weight excluding hydrogens is 272 g/mol. The highest BCUT2D eigenvalue weighted by Gasteiger charge is 2.25. The standard InChI is InChI=1S/C19H28N2O/c1-16-6-2-5-9-18(16)15-20-10-12-21(13-11-20)19(22)14-17-7-3-4-8-17/h2,5-6,9,17H,3-4,7-8,10-15H2,1H3. The molecule has 0 spiro atoms. The first-order valence-electron chi connectivity index (χ1n) is 8.77. The minimum Gasteiger partial charge on any atom is -0.340 e. The molecule has 1 saturated heterocycles. The van der Waals surface area contributed by atoms with Gasteiger partial charge in [0.25, 0.3) is 0 Å². The first-order valence-corrected chi connectivity index (χ1v) is 8.77. The zero-order valence-corrected chi connectivity index (χ0v) is 13.8. The van der Waals surface area contributed by atoms with Gasteiger partial charge in [0.2, 0.25) is 5.91 Å². The monoisotopic (exact) mass is 300 g/mol. The maximum Gasteiger partial charge on any atom is 0.222 e. The Balaban J connectivity index is 1.45. The van der Waals surface area contributed by atoms with Gasteiger partial charge in [-0.2, -0.15) is 0 Å². The van der Waals surface area contributed by atoms with Crippen molar-refractivity contribution in [1.29, 1.82) is 0 Å². The van der Waals surface area contributed by atoms with E-state index in [9.17, 15) is 4.79 Å². The topological polar surface area (TPSA) is 23.6 Å². The highest BCUT2D eigenvalue weighted by atomic mass is 16.2. The molecule has 1 amide bonds. The number of amides is 1. The summed E-state index contributed by atoms with van der Waals surface area (Å²) in [5.74, 6) is 1.06. The molecule has 2 fully saturated rings. The van der Waals surface area contributed by atoms with Gasteiger partial charge in [-0.3, -0.25) is 9.69 Å². The second kappa shape index (κ2) is 7.28. The summed E-state index contributed by atoms with van der Waals surface area (Å²) in [6, 6.07) is 8.60. The van der Waals surface area contributed by atoms with Crippen LogP contribution in [0.2, 0.25) is 0 Å². The van der Waals surface area contributed by atoms with Gasteiger partial charge in [-0.1, -0.05) is 37.1 Å². The van der Waals surface area contributed by atoms with E-state index in [1.807, 2.05) is 0 Å². The molecule has 1 aromatic carbocycles. The summed E-state index contributed by atoms with van der Waals surface area (Å²) in [7, 11) is 0. The summed E-state index contributed by atoms with van der Waals surface area (Å²) >= 11 is 0. The Morgan fingerprint density at radius 3 is 2.45 bits per heavy atom. The highest BCUT2D eigenvalue weighted by molar-refractivity contribution is 5.76. The molecule has 0 atom stereocenters. The molecule has 1 heterocycles. The fourth-order valence-corrected chi connectivity index (χ4v) is 3.77. The first kappa shape index (κ1) is 15.5. The Labute approximate surface area is 134 Å². The summed E-state index contributed by atoms with van der Waals surface area (Å²) in [4.78, 5) is 16.9. The van der Waals surface area contributed by atoms with Crippen molar-refractivity contribution in [3.8, 4) is 0 Å². The minimum absolute atomic E-state index is 0.391. The van der Waals surface area contributed by atoms with E-state index in [-0.39, 0.29) is 0 Å². The first-order chi connectivity index (χ1) is 10.7. The van der Waals surface area contributed by atoms with Crippen LogP contribution in [-0.2, 0) is 11.3 Å². The number of piperazine rings is 1. The van der Waals surface area contributed by atoms with Crippen LogP contribution >= 0.6 is 0 Å². The van der Waals surface area contributed by atoms with Crippen LogP contribution in [0.15, 0.2) is 24.3 Å². The number of hydrogen-bond acceptors (Lipinski definition) is 2. The number of rotatable bonds is 4. The summed E-state index contributed by atoms with van der Waals surface area (Å²) in [6.07, 6.45) is 5.96. The molecule has 0 N–H and O–H groups in total. The SMILES string of the molecule is Cc1ccccc1CN1CCN(C(=O)CC2CCCC2)CC1. The second-order valence-electron chi connectivity index (χ2n) is 6.94. The van der Waals surface area contributed by atoms with Crippen LogP contribution in [0.25, 0.3) is 0 Å². The lowest BCUT2D eigenvalue weighted by molar-refractivity contribution is -0.134. The van der Waals surface area contributed by atoms with Crippen molar-refractivity contribution in [3.63, 3.8) is 0 Å². The molecule has 1 aliphatic heterocycles. The predicted octanol–water partition coefficient (Wildman–Crippen LogP) is 3.22. The Morgan fingerprint density at radius 2 is 1.77 bits per heavy atom. The van der Waals surface area contributed by atoms with Gasteiger partial charge in [-0.15, -0.1) is 0 Å². The van der Waals surface area contributed by atoms with E-state index in [4.69, 9.17) is 0 Å². The average Bonchev–Trinajstić information content (AvgIpc) is 3.03. The highest BCUT2D eigenvalue weighted by Crippen LogP contribution is 2.28. The third-order valence-electron chi connectivity index (χ3n) is 5.32. The van der Waals surface area contributed by atoms with Gasteiger partial charge in [-0.25, -0.2) is 0 Å². The average molecular weight is 300 g/mol. The van der Waals surface area contributed by atoms with Crippen LogP contribution in [0.5, 0.6) is 0 Å². The number of benzene rings is 1. The zero-order chi connectivity index (χ0) is 15.4. The van der Waals surface area contributed by atoms with Crippen LogP contribution in [0.1, 0.15) is 43.2 Å². The molecule has 22 heavy (non-hydrogen) atoms. The molecule has 3 nitrogen and oxygen atoms in total. The van der Waals surface area contributed by atoms with Crippen LogP contribution in [0.3, 0.4) is 0 Å². The molecular formula is C19H28N2O. The van der Waals surface area contributed by atoms with E-state index < -0.39 is 0 Å². The van der Waals surface area contributed by atoms with Crippen molar-refractivity contribution >= 4 is 5.91 Å². The molecule has 3 rings (SSSR count). The fourth-order valence-electron chi connectivity index (χ4n) is 3.77. The van der Waals surface area contributed by atoms with Gasteiger partial charge in [0.05, 0.1) is 0 Å². The van der Waals surface area contributed by atoms with Crippen molar-refractivity contribution in [1.82, 2.24) is 9.80 Å². The van der Waals surface area contributed by atoms with Crippen LogP contribution in [0, 0.1) is 12.8 Å². The van der Waals surface area contributed by atoms with Crippen molar-refractivity contribution in [2.75, 3.05) is 26.2 Å². The smallest absolute Gasteiger partial charge is 0.222 e. The Bertz CT molecular complexity index is 500. The van der Waals surface area contributed by atoms with Crippen LogP contribution in [0.4, 0.5) is 0 Å². The van der Waals surface area contributed by atoms with Crippen molar-refractivity contribution < 1.29 is 4.79 Å². The molecule has 1 saturated carbocycles. The van der Waals surface area contributed by atoms with Gasteiger partial charge in [0.1, 0.15) is 0 Å². The summed E-state index contributed by atoms with van der Waals surface area (Å²) in [5.41, 5.74) is 2.77. The van der Waals surface area contributed by atoms with Gasteiger partial charge >= 0.3 is 0 Å². The predicted molar refractivity (Wildman–Crippen MR) is 89.6 cm³/mol. The second-order valence-corrected chi connectivity index (χ2v) is 6.94. The van der Waals surface area contributed by atoms with Crippen molar-refractivity contribution in [2.45, 2.75) is 45.6 Å². The number of nitrogens with zero attached hydrogens (tertiary/aromatic N) is 2. The lowest BCUT2D eigenvalue weighted by Gasteiger charge is -2.35. The van der Waals surface area contributed by atoms with E-state index in [1.165, 1.54) is 36.8 Å². The van der Waals surface area contributed by atoms with Gasteiger partial charge < -0.3 is 4.90 Å². The summed E-state index contributed by atoms with van der Waals surface area (Å²) in [6.45, 7) is 7.00. The van der Waals surface area contributed by atoms with Gasteiger partial charge in [-0.05, 0) is 36.8 Å². The molecule has 1 aromatic rings. The van der Waals surface area contributed by atoms with Crippen LogP contribution < -0.4 is 0 Å². The number of carbonyl (C=O) groups is 1. The largest absolute Gasteiger partial charge is 0.340 e. The van der Waals surface area contributed by atoms with Gasteiger partial charge in [0, 0.05) is 39.1 Å². The molecule has 0 aromatic heterocycles. The zero-order valence-electron chi connectivity index (χ0n) is 13.8. The minimum atomic E-state index is 0.391. The lowest BCUT2D eigenvalue weighted by Crippen LogP contribution is -2.48. The summed E-state index contributed by atoms with van der Waals surface area (Å²) in [5, 5.41) is 0. The number of carbonyl (C=O) groups excluding carboxylic acids is 1. The lowest BCUT2D eigenvalue weighted by atomic mass is 10.0. The molecule has 0 radical (unpaired) electrons. The molecule has 0 unspecified atom stereocenters. The Morgan fingerprint density at radius 1 is 1.09 bits per heavy atom. The van der Waals surface area contributed by atoms with Crippen LogP contribution in [-0.4, -0.2) is 41.9 Å². The maximum atomic E-state index is 12.4.